The van der Waals surface area contributed by atoms with E-state index in [0.717, 1.165) is 22.8 Å². The second-order valence-electron chi connectivity index (χ2n) is 8.63. The smallest absolute Gasteiger partial charge is 0.326 e. The predicted octanol–water partition coefficient (Wildman–Crippen LogP) is 3.85. The lowest BCUT2D eigenvalue weighted by atomic mass is 10.1. The summed E-state index contributed by atoms with van der Waals surface area (Å²) in [6.07, 6.45) is 7.83. The van der Waals surface area contributed by atoms with Gasteiger partial charge in [-0.1, -0.05) is 12.1 Å². The molecular weight excluding hydrogens is 496 g/mol. The summed E-state index contributed by atoms with van der Waals surface area (Å²) in [7, 11) is 3.76. The summed E-state index contributed by atoms with van der Waals surface area (Å²) in [6.45, 7) is 2.16. The number of carboxylic acid groups (broad SMARTS) is 1. The number of nitrogens with one attached hydrogen (secondary N) is 2. The minimum absolute atomic E-state index is 0.193. The lowest BCUT2D eigenvalue weighted by Crippen LogP contribution is -2.35. The van der Waals surface area contributed by atoms with Crippen LogP contribution in [-0.4, -0.2) is 63.6 Å². The number of hydrogen-bond donors (Lipinski definition) is 3. The highest BCUT2D eigenvalue weighted by molar-refractivity contribution is 6.07. The molecule has 1 amide bonds. The first kappa shape index (κ1) is 27.0. The number of anilines is 5. The molecule has 0 radical (unpaired) electrons. The molecule has 0 unspecified atom stereocenters. The third kappa shape index (κ3) is 6.27. The number of rotatable bonds is 11. The van der Waals surface area contributed by atoms with E-state index < -0.39 is 12.0 Å². The highest BCUT2D eigenvalue weighted by atomic mass is 16.4. The molecule has 11 heteroatoms. The number of benzene rings is 1. The lowest BCUT2D eigenvalue weighted by molar-refractivity contribution is -0.137. The zero-order chi connectivity index (χ0) is 27.8. The minimum atomic E-state index is -1.04. The van der Waals surface area contributed by atoms with E-state index in [1.807, 2.05) is 62.3 Å². The molecule has 3 aromatic heterocycles. The third-order valence-corrected chi connectivity index (χ3v) is 6.22. The Bertz CT molecular complexity index is 1420. The molecule has 11 nitrogen and oxygen atoms in total. The Labute approximate surface area is 226 Å². The van der Waals surface area contributed by atoms with Gasteiger partial charge in [0.05, 0.1) is 11.9 Å². The first-order valence-electron chi connectivity index (χ1n) is 12.4. The van der Waals surface area contributed by atoms with Crippen LogP contribution >= 0.6 is 0 Å². The highest BCUT2D eigenvalue weighted by Gasteiger charge is 2.24. The maximum absolute atomic E-state index is 13.2. The van der Waals surface area contributed by atoms with Crippen molar-refractivity contribution in [2.75, 3.05) is 41.1 Å². The van der Waals surface area contributed by atoms with Crippen molar-refractivity contribution in [1.82, 2.24) is 19.9 Å². The van der Waals surface area contributed by atoms with Crippen molar-refractivity contribution in [3.63, 3.8) is 0 Å². The largest absolute Gasteiger partial charge is 0.480 e. The standard InChI is InChI=1S/C28H30N8O3/c1-4-36(27(37)20-11-14-30-15-12-20)24-17-31-18-33-25(24)34-23(28(38)39)16-19-7-9-21(10-8-19)35(3)26-22(29-2)6-5-13-32-26/h5-15,17-18,23,29H,4,16H2,1-3H3,(H,38,39)(H,31,33,34)/t23-/m0/s1. The normalized spacial score (nSPS) is 11.4. The molecule has 1 atom stereocenters. The van der Waals surface area contributed by atoms with E-state index in [-0.39, 0.29) is 18.1 Å². The van der Waals surface area contributed by atoms with Gasteiger partial charge in [-0.15, -0.1) is 0 Å². The van der Waals surface area contributed by atoms with Gasteiger partial charge in [0.15, 0.2) is 11.6 Å². The van der Waals surface area contributed by atoms with Gasteiger partial charge in [0.2, 0.25) is 0 Å². The molecule has 0 fully saturated rings. The van der Waals surface area contributed by atoms with E-state index >= 15 is 0 Å². The molecule has 4 aromatic rings. The fourth-order valence-electron chi connectivity index (χ4n) is 4.14. The van der Waals surface area contributed by atoms with Crippen LogP contribution in [0.25, 0.3) is 0 Å². The molecule has 0 aliphatic carbocycles. The van der Waals surface area contributed by atoms with E-state index in [1.165, 1.54) is 17.4 Å². The summed E-state index contributed by atoms with van der Waals surface area (Å²) in [5, 5.41) is 16.1. The zero-order valence-corrected chi connectivity index (χ0v) is 21.9. The average molecular weight is 527 g/mol. The van der Waals surface area contributed by atoms with Crippen molar-refractivity contribution in [2.24, 2.45) is 0 Å². The second-order valence-corrected chi connectivity index (χ2v) is 8.63. The number of carboxylic acids is 1. The van der Waals surface area contributed by atoms with Crippen LogP contribution < -0.4 is 20.4 Å². The van der Waals surface area contributed by atoms with Gasteiger partial charge in [-0.05, 0) is 48.9 Å². The molecule has 0 bridgehead atoms. The summed E-state index contributed by atoms with van der Waals surface area (Å²) in [6, 6.07) is 13.7. The molecule has 3 heterocycles. The topological polar surface area (TPSA) is 136 Å². The van der Waals surface area contributed by atoms with E-state index in [2.05, 4.69) is 30.6 Å². The molecular formula is C28H30N8O3. The van der Waals surface area contributed by atoms with Crippen molar-refractivity contribution in [3.8, 4) is 0 Å². The molecule has 3 N–H and O–H groups in total. The zero-order valence-electron chi connectivity index (χ0n) is 21.9. The maximum atomic E-state index is 13.2. The second kappa shape index (κ2) is 12.5. The number of pyridine rings is 2. The van der Waals surface area contributed by atoms with Gasteiger partial charge < -0.3 is 25.5 Å². The fraction of sp³-hybridized carbons (Fsp3) is 0.214. The Balaban J connectivity index is 1.53. The van der Waals surface area contributed by atoms with Gasteiger partial charge in [-0.25, -0.2) is 19.7 Å². The molecule has 0 saturated heterocycles. The molecule has 1 aromatic carbocycles. The first-order valence-corrected chi connectivity index (χ1v) is 12.4. The summed E-state index contributed by atoms with van der Waals surface area (Å²) in [4.78, 5) is 45.6. The fourth-order valence-corrected chi connectivity index (χ4v) is 4.14. The number of aromatic nitrogens is 4. The van der Waals surface area contributed by atoms with Crippen LogP contribution in [0.5, 0.6) is 0 Å². The molecule has 0 aliphatic heterocycles. The van der Waals surface area contributed by atoms with Crippen molar-refractivity contribution >= 4 is 40.6 Å². The summed E-state index contributed by atoms with van der Waals surface area (Å²) in [5.74, 6) is -0.279. The maximum Gasteiger partial charge on any atom is 0.326 e. The molecule has 0 saturated carbocycles. The monoisotopic (exact) mass is 526 g/mol. The molecule has 0 aliphatic rings. The third-order valence-electron chi connectivity index (χ3n) is 6.22. The first-order chi connectivity index (χ1) is 18.9. The SMILES string of the molecule is CCN(C(=O)c1ccncc1)c1cncnc1N[C@@H](Cc1ccc(N(C)c2ncccc2NC)cc1)C(=O)O. The van der Waals surface area contributed by atoms with Crippen LogP contribution in [0.3, 0.4) is 0 Å². The average Bonchev–Trinajstić information content (AvgIpc) is 2.98. The number of hydrogen-bond acceptors (Lipinski definition) is 9. The van der Waals surface area contributed by atoms with Crippen LogP contribution in [0.1, 0.15) is 22.8 Å². The highest BCUT2D eigenvalue weighted by Crippen LogP contribution is 2.29. The number of nitrogens with zero attached hydrogens (tertiary/aromatic N) is 6. The van der Waals surface area contributed by atoms with Crippen LogP contribution in [0, 0.1) is 0 Å². The number of amides is 1. The van der Waals surface area contributed by atoms with Crippen LogP contribution in [0.2, 0.25) is 0 Å². The van der Waals surface area contributed by atoms with Gasteiger partial charge in [-0.3, -0.25) is 9.78 Å². The number of aliphatic carboxylic acids is 1. The Morgan fingerprint density at radius 3 is 2.41 bits per heavy atom. The Hall–Kier alpha value is -5.06. The van der Waals surface area contributed by atoms with E-state index in [1.54, 1.807) is 30.7 Å². The van der Waals surface area contributed by atoms with Crippen molar-refractivity contribution < 1.29 is 14.7 Å². The van der Waals surface area contributed by atoms with E-state index in [9.17, 15) is 14.7 Å². The van der Waals surface area contributed by atoms with E-state index in [0.29, 0.717) is 17.8 Å². The van der Waals surface area contributed by atoms with Gasteiger partial charge >= 0.3 is 5.97 Å². The summed E-state index contributed by atoms with van der Waals surface area (Å²) in [5.41, 5.74) is 3.45. The van der Waals surface area contributed by atoms with Crippen molar-refractivity contribution in [1.29, 1.82) is 0 Å². The number of carbonyl (C=O) groups excluding carboxylic acids is 1. The van der Waals surface area contributed by atoms with Crippen LogP contribution in [-0.2, 0) is 11.2 Å². The van der Waals surface area contributed by atoms with Crippen molar-refractivity contribution in [2.45, 2.75) is 19.4 Å². The van der Waals surface area contributed by atoms with Crippen LogP contribution in [0.15, 0.2) is 79.6 Å². The molecule has 200 valence electrons. The molecule has 39 heavy (non-hydrogen) atoms. The number of carbonyl (C=O) groups is 2. The quantitative estimate of drug-likeness (QED) is 0.264. The van der Waals surface area contributed by atoms with Crippen molar-refractivity contribution in [3.05, 3.63) is 90.8 Å². The lowest BCUT2D eigenvalue weighted by Gasteiger charge is -2.25. The Morgan fingerprint density at radius 2 is 1.74 bits per heavy atom. The minimum Gasteiger partial charge on any atom is -0.480 e. The van der Waals surface area contributed by atoms with Gasteiger partial charge in [-0.2, -0.15) is 0 Å². The van der Waals surface area contributed by atoms with Gasteiger partial charge in [0.25, 0.3) is 5.91 Å². The Kier molecular flexibility index (Phi) is 8.62. The predicted molar refractivity (Wildman–Crippen MR) is 151 cm³/mol. The molecule has 4 rings (SSSR count). The van der Waals surface area contributed by atoms with Gasteiger partial charge in [0.1, 0.15) is 18.1 Å². The van der Waals surface area contributed by atoms with Crippen LogP contribution in [0.4, 0.5) is 28.7 Å². The summed E-state index contributed by atoms with van der Waals surface area (Å²) < 4.78 is 0. The Morgan fingerprint density at radius 1 is 1.00 bits per heavy atom. The molecule has 0 spiro atoms. The summed E-state index contributed by atoms with van der Waals surface area (Å²) >= 11 is 0. The van der Waals surface area contributed by atoms with Gasteiger partial charge in [0, 0.05) is 56.9 Å². The van der Waals surface area contributed by atoms with E-state index in [4.69, 9.17) is 0 Å².